The van der Waals surface area contributed by atoms with E-state index in [0.29, 0.717) is 22.2 Å². The third kappa shape index (κ3) is 5.14. The van der Waals surface area contributed by atoms with Gasteiger partial charge in [-0.15, -0.1) is 11.3 Å². The normalized spacial score (nSPS) is 13.2. The van der Waals surface area contributed by atoms with E-state index in [1.165, 1.54) is 4.88 Å². The van der Waals surface area contributed by atoms with Crippen LogP contribution in [0.1, 0.15) is 50.5 Å². The molecule has 0 spiro atoms. The van der Waals surface area contributed by atoms with E-state index >= 15 is 0 Å². The van der Waals surface area contributed by atoms with E-state index in [9.17, 15) is 4.79 Å². The lowest BCUT2D eigenvalue weighted by atomic mass is 9.95. The summed E-state index contributed by atoms with van der Waals surface area (Å²) in [6.07, 6.45) is 6.09. The molecule has 0 atom stereocenters. The van der Waals surface area contributed by atoms with Gasteiger partial charge in [-0.3, -0.25) is 4.79 Å². The molecule has 196 valence electrons. The number of nitrogens with zero attached hydrogens (tertiary/aromatic N) is 2. The standard InChI is InChI=1S/C32H27Cl2N3OS/c1-20-26(24-11-5-7-13-28(24)37(20)19-21-15-16-22(33)17-27(21)34)18-35-32-30(25-12-6-8-14-29(25)39-32)31(38)36-23-9-3-2-4-10-23/h2-5,7,9-11,13,15-18H,6,8,12,14,19H2,1H3,(H,36,38). The zero-order valence-electron chi connectivity index (χ0n) is 21.5. The summed E-state index contributed by atoms with van der Waals surface area (Å²) in [7, 11) is 0. The van der Waals surface area contributed by atoms with Crippen molar-refractivity contribution in [1.29, 1.82) is 0 Å². The highest BCUT2D eigenvalue weighted by Crippen LogP contribution is 2.40. The monoisotopic (exact) mass is 571 g/mol. The Bertz CT molecular complexity index is 1720. The Morgan fingerprint density at radius 2 is 1.79 bits per heavy atom. The molecule has 0 aliphatic heterocycles. The molecule has 5 aromatic rings. The minimum absolute atomic E-state index is 0.0933. The number of fused-ring (bicyclic) bond motifs is 2. The molecule has 39 heavy (non-hydrogen) atoms. The molecule has 7 heteroatoms. The van der Waals surface area contributed by atoms with Crippen LogP contribution in [0, 0.1) is 6.92 Å². The first kappa shape index (κ1) is 25.9. The summed E-state index contributed by atoms with van der Waals surface area (Å²) < 4.78 is 2.26. The lowest BCUT2D eigenvalue weighted by Crippen LogP contribution is -2.14. The first-order valence-corrected chi connectivity index (χ1v) is 14.6. The van der Waals surface area contributed by atoms with E-state index in [4.69, 9.17) is 28.2 Å². The lowest BCUT2D eigenvalue weighted by molar-refractivity contribution is 0.102. The lowest BCUT2D eigenvalue weighted by Gasteiger charge is -2.12. The van der Waals surface area contributed by atoms with Crippen LogP contribution in [0.2, 0.25) is 10.0 Å². The molecule has 3 aromatic carbocycles. The van der Waals surface area contributed by atoms with Crippen LogP contribution in [0.25, 0.3) is 10.9 Å². The third-order valence-electron chi connectivity index (χ3n) is 7.35. The zero-order valence-corrected chi connectivity index (χ0v) is 23.8. The topological polar surface area (TPSA) is 46.4 Å². The van der Waals surface area contributed by atoms with Gasteiger partial charge in [0.2, 0.25) is 0 Å². The summed E-state index contributed by atoms with van der Waals surface area (Å²) in [6.45, 7) is 2.72. The number of carbonyl (C=O) groups is 1. The van der Waals surface area contributed by atoms with Gasteiger partial charge in [0.15, 0.2) is 0 Å². The predicted octanol–water partition coefficient (Wildman–Crippen LogP) is 9.25. The number of amides is 1. The SMILES string of the molecule is Cc1c(C=Nc2sc3c(c2C(=O)Nc2ccccc2)CCCC3)c2ccccc2n1Cc1ccc(Cl)cc1Cl. The van der Waals surface area contributed by atoms with Crippen molar-refractivity contribution in [2.75, 3.05) is 5.32 Å². The van der Waals surface area contributed by atoms with Gasteiger partial charge in [0.05, 0.1) is 5.56 Å². The van der Waals surface area contributed by atoms with E-state index in [2.05, 4.69) is 28.9 Å². The van der Waals surface area contributed by atoms with E-state index in [-0.39, 0.29) is 5.91 Å². The second-order valence-corrected chi connectivity index (χ2v) is 11.7. The van der Waals surface area contributed by atoms with Gasteiger partial charge in [-0.1, -0.05) is 65.7 Å². The van der Waals surface area contributed by atoms with Crippen molar-refractivity contribution in [3.8, 4) is 0 Å². The van der Waals surface area contributed by atoms with Gasteiger partial charge in [0.1, 0.15) is 5.00 Å². The number of hydrogen-bond acceptors (Lipinski definition) is 3. The molecule has 0 unspecified atom stereocenters. The van der Waals surface area contributed by atoms with Gasteiger partial charge in [0, 0.05) is 55.5 Å². The first-order chi connectivity index (χ1) is 19.0. The van der Waals surface area contributed by atoms with Crippen molar-refractivity contribution in [3.63, 3.8) is 0 Å². The van der Waals surface area contributed by atoms with E-state index in [0.717, 1.165) is 69.7 Å². The Hall–Kier alpha value is -3.38. The summed E-state index contributed by atoms with van der Waals surface area (Å²) in [4.78, 5) is 19.8. The Morgan fingerprint density at radius 3 is 2.62 bits per heavy atom. The largest absolute Gasteiger partial charge is 0.340 e. The molecule has 2 aromatic heterocycles. The minimum Gasteiger partial charge on any atom is -0.340 e. The maximum absolute atomic E-state index is 13.5. The minimum atomic E-state index is -0.0933. The molecule has 0 saturated carbocycles. The molecule has 6 rings (SSSR count). The summed E-state index contributed by atoms with van der Waals surface area (Å²) in [5.74, 6) is -0.0933. The molecule has 1 amide bonds. The number of anilines is 1. The number of benzene rings is 3. The molecule has 0 radical (unpaired) electrons. The van der Waals surface area contributed by atoms with E-state index in [1.54, 1.807) is 17.4 Å². The Morgan fingerprint density at radius 1 is 1.03 bits per heavy atom. The second-order valence-electron chi connectivity index (χ2n) is 9.81. The quantitative estimate of drug-likeness (QED) is 0.203. The Labute approximate surface area is 241 Å². The second kappa shape index (κ2) is 11.0. The van der Waals surface area contributed by atoms with Crippen LogP contribution in [0.15, 0.2) is 77.8 Å². The highest BCUT2D eigenvalue weighted by Gasteiger charge is 2.25. The fourth-order valence-corrected chi connectivity index (χ4v) is 7.06. The van der Waals surface area contributed by atoms with E-state index < -0.39 is 0 Å². The average molecular weight is 573 g/mol. The third-order valence-corrected chi connectivity index (χ3v) is 9.13. The van der Waals surface area contributed by atoms with Crippen molar-refractivity contribution in [1.82, 2.24) is 4.57 Å². The molecule has 1 aliphatic carbocycles. The molecule has 4 nitrogen and oxygen atoms in total. The first-order valence-electron chi connectivity index (χ1n) is 13.1. The van der Waals surface area contributed by atoms with Crippen LogP contribution in [0.5, 0.6) is 0 Å². The molecular formula is C32H27Cl2N3OS. The van der Waals surface area contributed by atoms with Gasteiger partial charge in [-0.2, -0.15) is 0 Å². The molecule has 1 aliphatic rings. The van der Waals surface area contributed by atoms with Gasteiger partial charge in [0.25, 0.3) is 5.91 Å². The summed E-state index contributed by atoms with van der Waals surface area (Å²) in [5.41, 5.74) is 6.88. The average Bonchev–Trinajstić information content (AvgIpc) is 3.44. The number of aromatic nitrogens is 1. The van der Waals surface area contributed by atoms with Gasteiger partial charge in [-0.05, 0) is 74.1 Å². The highest BCUT2D eigenvalue weighted by molar-refractivity contribution is 7.16. The Kier molecular flexibility index (Phi) is 7.30. The molecule has 0 fully saturated rings. The summed E-state index contributed by atoms with van der Waals surface area (Å²) >= 11 is 14.3. The van der Waals surface area contributed by atoms with Crippen LogP contribution >= 0.6 is 34.5 Å². The molecule has 1 N–H and O–H groups in total. The molecule has 2 heterocycles. The van der Waals surface area contributed by atoms with Crippen molar-refractivity contribution in [3.05, 3.63) is 116 Å². The van der Waals surface area contributed by atoms with Crippen LogP contribution in [0.4, 0.5) is 10.7 Å². The van der Waals surface area contributed by atoms with Crippen molar-refractivity contribution in [2.45, 2.75) is 39.2 Å². The van der Waals surface area contributed by atoms with Crippen molar-refractivity contribution in [2.24, 2.45) is 4.99 Å². The van der Waals surface area contributed by atoms with Crippen LogP contribution in [-0.4, -0.2) is 16.7 Å². The fourth-order valence-electron chi connectivity index (χ4n) is 5.36. The van der Waals surface area contributed by atoms with E-state index in [1.807, 2.05) is 60.8 Å². The highest BCUT2D eigenvalue weighted by atomic mass is 35.5. The number of nitrogens with one attached hydrogen (secondary N) is 1. The summed E-state index contributed by atoms with van der Waals surface area (Å²) in [5, 5.41) is 6.23. The predicted molar refractivity (Wildman–Crippen MR) is 165 cm³/mol. The number of thiophene rings is 1. The van der Waals surface area contributed by atoms with Crippen LogP contribution in [0.3, 0.4) is 0 Å². The van der Waals surface area contributed by atoms with Gasteiger partial charge in [-0.25, -0.2) is 4.99 Å². The number of aryl methyl sites for hydroxylation is 1. The van der Waals surface area contributed by atoms with Crippen molar-refractivity contribution < 1.29 is 4.79 Å². The maximum atomic E-state index is 13.5. The Balaban J connectivity index is 1.40. The number of rotatable bonds is 6. The summed E-state index contributed by atoms with van der Waals surface area (Å²) in [6, 6.07) is 23.5. The fraction of sp³-hybridized carbons (Fsp3) is 0.188. The molecule has 0 saturated heterocycles. The number of para-hydroxylation sites is 2. The number of aliphatic imine (C=N–C) groups is 1. The van der Waals surface area contributed by atoms with Crippen LogP contribution < -0.4 is 5.32 Å². The van der Waals surface area contributed by atoms with Crippen molar-refractivity contribution >= 4 is 68.3 Å². The molecule has 0 bridgehead atoms. The zero-order chi connectivity index (χ0) is 26.9. The smallest absolute Gasteiger partial charge is 0.259 e. The number of halogens is 2. The number of carbonyl (C=O) groups excluding carboxylic acids is 1. The molecular weight excluding hydrogens is 545 g/mol. The number of hydrogen-bond donors (Lipinski definition) is 1. The maximum Gasteiger partial charge on any atom is 0.259 e. The van der Waals surface area contributed by atoms with Gasteiger partial charge >= 0.3 is 0 Å². The van der Waals surface area contributed by atoms with Gasteiger partial charge < -0.3 is 9.88 Å². The van der Waals surface area contributed by atoms with Crippen LogP contribution in [-0.2, 0) is 19.4 Å².